The van der Waals surface area contributed by atoms with Crippen molar-refractivity contribution >= 4 is 5.69 Å². The minimum atomic E-state index is 0.622. The van der Waals surface area contributed by atoms with Crippen LogP contribution in [0.3, 0.4) is 0 Å². The van der Waals surface area contributed by atoms with Crippen LogP contribution >= 0.6 is 0 Å². The first-order valence-corrected chi connectivity index (χ1v) is 4.70. The van der Waals surface area contributed by atoms with Gasteiger partial charge in [-0.05, 0) is 12.0 Å². The van der Waals surface area contributed by atoms with Crippen LogP contribution in [0, 0.1) is 0 Å². The first kappa shape index (κ1) is 8.82. The van der Waals surface area contributed by atoms with Crippen LogP contribution < -0.4 is 0 Å². The summed E-state index contributed by atoms with van der Waals surface area (Å²) in [6.45, 7) is 0. The normalized spacial score (nSPS) is 10.0. The molecule has 0 saturated heterocycles. The Morgan fingerprint density at radius 1 is 0.786 bits per heavy atom. The summed E-state index contributed by atoms with van der Waals surface area (Å²) in [6, 6.07) is 18.0. The molecule has 0 aliphatic rings. The van der Waals surface area contributed by atoms with Gasteiger partial charge in [0.2, 0.25) is 0 Å². The molecule has 1 nitrogen and oxygen atoms in total. The molecule has 0 saturated carbocycles. The second-order valence-corrected chi connectivity index (χ2v) is 3.32. The minimum absolute atomic E-state index is 0.622. The van der Waals surface area contributed by atoms with Gasteiger partial charge in [0, 0.05) is 0 Å². The molecule has 70 valence electrons. The third kappa shape index (κ3) is 1.94. The van der Waals surface area contributed by atoms with Crippen molar-refractivity contribution in [3.8, 4) is 0 Å². The lowest BCUT2D eigenvalue weighted by molar-refractivity contribution is 1.20. The number of hydrogen-bond donors (Lipinski definition) is 0. The predicted octanol–water partition coefficient (Wildman–Crippen LogP) is 3.96. The summed E-state index contributed by atoms with van der Waals surface area (Å²) in [4.78, 5) is 0. The van der Waals surface area contributed by atoms with Crippen molar-refractivity contribution in [2.24, 2.45) is 0 Å². The Hall–Kier alpha value is -1.76. The molecule has 0 unspecified atom stereocenters. The van der Waals surface area contributed by atoms with Gasteiger partial charge in [-0.1, -0.05) is 60.2 Å². The van der Waals surface area contributed by atoms with Crippen molar-refractivity contribution in [2.75, 3.05) is 0 Å². The molecule has 0 aromatic heterocycles. The fraction of sp³-hybridized carbons (Fsp3) is 0.0769. The molecule has 0 fully saturated rings. The van der Waals surface area contributed by atoms with Gasteiger partial charge in [-0.15, -0.1) is 5.69 Å². The Bertz CT molecular complexity index is 407. The van der Waals surface area contributed by atoms with E-state index < -0.39 is 0 Å². The van der Waals surface area contributed by atoms with Crippen LogP contribution in [0.4, 0.5) is 5.69 Å². The molecule has 2 aromatic rings. The molecule has 0 heterocycles. The van der Waals surface area contributed by atoms with Crippen molar-refractivity contribution in [1.82, 2.24) is 0 Å². The molecular weight excluding hydrogens is 170 g/mol. The highest BCUT2D eigenvalue weighted by Gasteiger charge is 1.94. The van der Waals surface area contributed by atoms with Crippen LogP contribution in [-0.2, 0) is 6.42 Å². The van der Waals surface area contributed by atoms with Crippen molar-refractivity contribution < 1.29 is 0 Å². The Morgan fingerprint density at radius 3 is 2.14 bits per heavy atom. The Morgan fingerprint density at radius 2 is 1.43 bits per heavy atom. The number of nitrogens with one attached hydrogen (secondary N) is 1. The highest BCUT2D eigenvalue weighted by Crippen LogP contribution is 2.20. The lowest BCUT2D eigenvalue weighted by Gasteiger charge is -2.11. The van der Waals surface area contributed by atoms with Gasteiger partial charge in [0.15, 0.2) is 0 Å². The van der Waals surface area contributed by atoms with E-state index in [0.717, 1.165) is 12.0 Å². The summed E-state index contributed by atoms with van der Waals surface area (Å²) >= 11 is 0. The number of benzene rings is 2. The molecule has 0 radical (unpaired) electrons. The zero-order chi connectivity index (χ0) is 9.80. The molecule has 2 rings (SSSR count). The lowest BCUT2D eigenvalue weighted by Crippen LogP contribution is -1.86. The van der Waals surface area contributed by atoms with Gasteiger partial charge in [-0.25, -0.2) is 0 Å². The quantitative estimate of drug-likeness (QED) is 0.671. The van der Waals surface area contributed by atoms with Gasteiger partial charge in [-0.3, -0.25) is 0 Å². The van der Waals surface area contributed by atoms with E-state index >= 15 is 0 Å². The van der Waals surface area contributed by atoms with E-state index in [0.29, 0.717) is 5.69 Å². The highest BCUT2D eigenvalue weighted by molar-refractivity contribution is 5.52. The highest BCUT2D eigenvalue weighted by atomic mass is 14.6. The fourth-order valence-electron chi connectivity index (χ4n) is 1.49. The molecular formula is C13H12N-. The predicted molar refractivity (Wildman–Crippen MR) is 59.7 cm³/mol. The van der Waals surface area contributed by atoms with E-state index in [1.807, 2.05) is 42.5 Å². The van der Waals surface area contributed by atoms with E-state index in [2.05, 4.69) is 12.1 Å². The van der Waals surface area contributed by atoms with Gasteiger partial charge < -0.3 is 5.73 Å². The van der Waals surface area contributed by atoms with Crippen LogP contribution in [0.2, 0.25) is 0 Å². The summed E-state index contributed by atoms with van der Waals surface area (Å²) in [6.07, 6.45) is 0.848. The zero-order valence-electron chi connectivity index (χ0n) is 7.90. The summed E-state index contributed by atoms with van der Waals surface area (Å²) in [5.41, 5.74) is 10.7. The summed E-state index contributed by atoms with van der Waals surface area (Å²) in [5.74, 6) is 0. The molecule has 0 aliphatic carbocycles. The van der Waals surface area contributed by atoms with E-state index in [4.69, 9.17) is 5.73 Å². The Balaban J connectivity index is 2.24. The molecule has 1 N–H and O–H groups in total. The number of hydrogen-bond acceptors (Lipinski definition) is 0. The average molecular weight is 182 g/mol. The summed E-state index contributed by atoms with van der Waals surface area (Å²) in [7, 11) is 0. The molecule has 14 heavy (non-hydrogen) atoms. The maximum absolute atomic E-state index is 7.72. The fourth-order valence-corrected chi connectivity index (χ4v) is 1.49. The largest absolute Gasteiger partial charge is 0.698 e. The second kappa shape index (κ2) is 3.97. The topological polar surface area (TPSA) is 23.8 Å². The Labute approximate surface area is 84.2 Å². The van der Waals surface area contributed by atoms with Crippen LogP contribution in [-0.4, -0.2) is 0 Å². The van der Waals surface area contributed by atoms with Gasteiger partial charge in [-0.2, -0.15) is 0 Å². The molecule has 0 bridgehead atoms. The molecule has 0 spiro atoms. The van der Waals surface area contributed by atoms with Crippen molar-refractivity contribution in [1.29, 1.82) is 0 Å². The second-order valence-electron chi connectivity index (χ2n) is 3.32. The first-order valence-electron chi connectivity index (χ1n) is 4.70. The van der Waals surface area contributed by atoms with Crippen molar-refractivity contribution in [3.05, 3.63) is 71.5 Å². The third-order valence-electron chi connectivity index (χ3n) is 2.25. The lowest BCUT2D eigenvalue weighted by atomic mass is 10.0. The summed E-state index contributed by atoms with van der Waals surface area (Å²) in [5, 5.41) is 0. The monoisotopic (exact) mass is 182 g/mol. The van der Waals surface area contributed by atoms with Crippen molar-refractivity contribution in [2.45, 2.75) is 6.42 Å². The van der Waals surface area contributed by atoms with E-state index in [1.165, 1.54) is 5.56 Å². The van der Waals surface area contributed by atoms with E-state index in [-0.39, 0.29) is 0 Å². The molecule has 2 aromatic carbocycles. The van der Waals surface area contributed by atoms with Gasteiger partial charge in [0.25, 0.3) is 0 Å². The van der Waals surface area contributed by atoms with Crippen LogP contribution in [0.25, 0.3) is 5.73 Å². The first-order chi connectivity index (χ1) is 6.86. The summed E-state index contributed by atoms with van der Waals surface area (Å²) < 4.78 is 0. The SMILES string of the molecule is [NH-]c1ccccc1Cc1ccccc1. The maximum atomic E-state index is 7.72. The number of rotatable bonds is 2. The smallest absolute Gasteiger partial charge is 0.00380 e. The van der Waals surface area contributed by atoms with E-state index in [1.54, 1.807) is 0 Å². The minimum Gasteiger partial charge on any atom is -0.698 e. The van der Waals surface area contributed by atoms with Crippen LogP contribution in [0.1, 0.15) is 11.1 Å². The standard InChI is InChI=1S/C13H12N/c14-13-9-5-4-8-12(13)10-11-6-2-1-3-7-11/h1-9,14H,10H2/q-1. The van der Waals surface area contributed by atoms with E-state index in [9.17, 15) is 0 Å². The Kier molecular flexibility index (Phi) is 2.50. The molecule has 0 amide bonds. The maximum Gasteiger partial charge on any atom is -0.00380 e. The zero-order valence-corrected chi connectivity index (χ0v) is 7.90. The van der Waals surface area contributed by atoms with Gasteiger partial charge in [0.1, 0.15) is 0 Å². The third-order valence-corrected chi connectivity index (χ3v) is 2.25. The van der Waals surface area contributed by atoms with Crippen molar-refractivity contribution in [3.63, 3.8) is 0 Å². The molecule has 0 aliphatic heterocycles. The van der Waals surface area contributed by atoms with Gasteiger partial charge in [0.05, 0.1) is 0 Å². The average Bonchev–Trinajstić information content (AvgIpc) is 2.23. The molecule has 1 heteroatoms. The van der Waals surface area contributed by atoms with Crippen LogP contribution in [0.15, 0.2) is 54.6 Å². The van der Waals surface area contributed by atoms with Crippen LogP contribution in [0.5, 0.6) is 0 Å². The molecule has 0 atom stereocenters. The van der Waals surface area contributed by atoms with Gasteiger partial charge >= 0.3 is 0 Å².